The van der Waals surface area contributed by atoms with Crippen molar-refractivity contribution < 1.29 is 14.3 Å². The standard InChI is InChI=1S/C19H19ClFNO2S/c1-11(17(23)16-14(20)7-4-8-15(16)21)22-19(24)18-13-6-3-2-5-12(13)9-10-25-18/h2-8,11,17-18,23H,9-10H2,1H3,(H,22,24). The second-order valence-electron chi connectivity index (χ2n) is 6.08. The second kappa shape index (κ2) is 7.77. The van der Waals surface area contributed by atoms with Crippen molar-refractivity contribution in [3.8, 4) is 0 Å². The third kappa shape index (κ3) is 3.84. The third-order valence-corrected chi connectivity index (χ3v) is 5.94. The van der Waals surface area contributed by atoms with Gasteiger partial charge in [-0.15, -0.1) is 11.8 Å². The lowest BCUT2D eigenvalue weighted by Crippen LogP contribution is -2.40. The van der Waals surface area contributed by atoms with Gasteiger partial charge >= 0.3 is 0 Å². The Morgan fingerprint density at radius 2 is 2.08 bits per heavy atom. The molecule has 1 aliphatic rings. The molecular formula is C19H19ClFNO2S. The number of aliphatic hydroxyl groups is 1. The van der Waals surface area contributed by atoms with E-state index in [-0.39, 0.29) is 21.7 Å². The Morgan fingerprint density at radius 1 is 1.32 bits per heavy atom. The van der Waals surface area contributed by atoms with Crippen molar-refractivity contribution in [1.29, 1.82) is 0 Å². The molecule has 0 aromatic heterocycles. The van der Waals surface area contributed by atoms with Crippen molar-refractivity contribution in [3.05, 3.63) is 70.0 Å². The highest BCUT2D eigenvalue weighted by Gasteiger charge is 2.30. The molecule has 132 valence electrons. The number of fused-ring (bicyclic) bond motifs is 1. The first-order chi connectivity index (χ1) is 12.0. The summed E-state index contributed by atoms with van der Waals surface area (Å²) in [6.07, 6.45) is -0.283. The molecule has 25 heavy (non-hydrogen) atoms. The predicted molar refractivity (Wildman–Crippen MR) is 99.3 cm³/mol. The van der Waals surface area contributed by atoms with E-state index >= 15 is 0 Å². The Labute approximate surface area is 155 Å². The zero-order valence-corrected chi connectivity index (χ0v) is 15.3. The second-order valence-corrected chi connectivity index (χ2v) is 7.70. The van der Waals surface area contributed by atoms with Gasteiger partial charge in [-0.05, 0) is 42.4 Å². The van der Waals surface area contributed by atoms with Crippen LogP contribution in [0.2, 0.25) is 5.02 Å². The molecule has 1 aliphatic heterocycles. The minimum atomic E-state index is -1.22. The first kappa shape index (κ1) is 18.2. The molecule has 1 heterocycles. The summed E-state index contributed by atoms with van der Waals surface area (Å²) in [6, 6.07) is 11.5. The molecule has 2 aromatic rings. The number of hydrogen-bond acceptors (Lipinski definition) is 3. The number of carbonyl (C=O) groups excluding carboxylic acids is 1. The van der Waals surface area contributed by atoms with Crippen LogP contribution in [0.15, 0.2) is 42.5 Å². The smallest absolute Gasteiger partial charge is 0.237 e. The summed E-state index contributed by atoms with van der Waals surface area (Å²) in [6.45, 7) is 1.64. The van der Waals surface area contributed by atoms with Gasteiger partial charge < -0.3 is 10.4 Å². The summed E-state index contributed by atoms with van der Waals surface area (Å²) in [7, 11) is 0. The maximum absolute atomic E-state index is 14.0. The number of aryl methyl sites for hydroxylation is 1. The molecule has 0 bridgehead atoms. The van der Waals surface area contributed by atoms with Crippen LogP contribution in [0, 0.1) is 5.82 Å². The summed E-state index contributed by atoms with van der Waals surface area (Å²) in [5.41, 5.74) is 2.18. The number of carbonyl (C=O) groups is 1. The first-order valence-electron chi connectivity index (χ1n) is 8.10. The number of rotatable bonds is 4. The fraction of sp³-hybridized carbons (Fsp3) is 0.316. The van der Waals surface area contributed by atoms with Crippen LogP contribution in [-0.2, 0) is 11.2 Å². The van der Waals surface area contributed by atoms with E-state index in [0.717, 1.165) is 17.7 Å². The Hall–Kier alpha value is -1.56. The van der Waals surface area contributed by atoms with Crippen molar-refractivity contribution in [1.82, 2.24) is 5.32 Å². The molecule has 0 aliphatic carbocycles. The van der Waals surface area contributed by atoms with Gasteiger partial charge in [-0.3, -0.25) is 4.79 Å². The van der Waals surface area contributed by atoms with E-state index < -0.39 is 18.0 Å². The van der Waals surface area contributed by atoms with E-state index in [1.165, 1.54) is 23.8 Å². The highest BCUT2D eigenvalue weighted by atomic mass is 35.5. The quantitative estimate of drug-likeness (QED) is 0.842. The SMILES string of the molecule is CC(NC(=O)C1SCCc2ccccc21)C(O)c1c(F)cccc1Cl. The van der Waals surface area contributed by atoms with E-state index in [1.54, 1.807) is 18.7 Å². The Bertz CT molecular complexity index is 766. The fourth-order valence-electron chi connectivity index (χ4n) is 3.03. The molecule has 3 atom stereocenters. The van der Waals surface area contributed by atoms with Crippen LogP contribution in [0.5, 0.6) is 0 Å². The molecule has 3 unspecified atom stereocenters. The summed E-state index contributed by atoms with van der Waals surface area (Å²) in [4.78, 5) is 12.7. The zero-order valence-electron chi connectivity index (χ0n) is 13.7. The number of halogens is 2. The number of nitrogens with one attached hydrogen (secondary N) is 1. The molecule has 1 amide bonds. The van der Waals surface area contributed by atoms with Gasteiger partial charge in [0.1, 0.15) is 17.2 Å². The molecule has 0 spiro atoms. The van der Waals surface area contributed by atoms with Gasteiger partial charge in [0, 0.05) is 10.6 Å². The van der Waals surface area contributed by atoms with Crippen LogP contribution in [-0.4, -0.2) is 22.8 Å². The number of amides is 1. The molecule has 0 radical (unpaired) electrons. The van der Waals surface area contributed by atoms with Crippen molar-refractivity contribution >= 4 is 29.3 Å². The monoisotopic (exact) mass is 379 g/mol. The molecule has 0 saturated heterocycles. The third-order valence-electron chi connectivity index (χ3n) is 4.37. The summed E-state index contributed by atoms with van der Waals surface area (Å²) < 4.78 is 14.0. The van der Waals surface area contributed by atoms with Crippen molar-refractivity contribution in [3.63, 3.8) is 0 Å². The maximum atomic E-state index is 14.0. The maximum Gasteiger partial charge on any atom is 0.237 e. The lowest BCUT2D eigenvalue weighted by molar-refractivity contribution is -0.122. The summed E-state index contributed by atoms with van der Waals surface area (Å²) in [5, 5.41) is 13.1. The summed E-state index contributed by atoms with van der Waals surface area (Å²) >= 11 is 7.58. The molecule has 3 nitrogen and oxygen atoms in total. The minimum Gasteiger partial charge on any atom is -0.386 e. The van der Waals surface area contributed by atoms with Crippen LogP contribution in [0.25, 0.3) is 0 Å². The lowest BCUT2D eigenvalue weighted by atomic mass is 9.99. The van der Waals surface area contributed by atoms with Crippen LogP contribution >= 0.6 is 23.4 Å². The highest BCUT2D eigenvalue weighted by molar-refractivity contribution is 8.00. The van der Waals surface area contributed by atoms with Crippen molar-refractivity contribution in [2.45, 2.75) is 30.7 Å². The molecule has 6 heteroatoms. The van der Waals surface area contributed by atoms with Crippen LogP contribution < -0.4 is 5.32 Å². The van der Waals surface area contributed by atoms with E-state index in [4.69, 9.17) is 11.6 Å². The van der Waals surface area contributed by atoms with E-state index in [2.05, 4.69) is 5.32 Å². The average molecular weight is 380 g/mol. The van der Waals surface area contributed by atoms with Gasteiger partial charge in [0.25, 0.3) is 0 Å². The Morgan fingerprint density at radius 3 is 2.84 bits per heavy atom. The normalized spacial score (nSPS) is 19.0. The largest absolute Gasteiger partial charge is 0.386 e. The molecule has 3 rings (SSSR count). The molecule has 0 fully saturated rings. The van der Waals surface area contributed by atoms with E-state index in [1.807, 2.05) is 24.3 Å². The number of thioether (sulfide) groups is 1. The Balaban J connectivity index is 1.75. The van der Waals surface area contributed by atoms with Gasteiger partial charge in [0.05, 0.1) is 6.04 Å². The zero-order chi connectivity index (χ0) is 18.0. The number of benzene rings is 2. The summed E-state index contributed by atoms with van der Waals surface area (Å²) in [5.74, 6) is 0.0974. The van der Waals surface area contributed by atoms with Gasteiger partial charge in [-0.25, -0.2) is 4.39 Å². The van der Waals surface area contributed by atoms with Gasteiger partial charge in [-0.1, -0.05) is 41.9 Å². The topological polar surface area (TPSA) is 49.3 Å². The first-order valence-corrected chi connectivity index (χ1v) is 9.53. The number of hydrogen-bond donors (Lipinski definition) is 2. The fourth-order valence-corrected chi connectivity index (χ4v) is 4.51. The van der Waals surface area contributed by atoms with E-state index in [9.17, 15) is 14.3 Å². The van der Waals surface area contributed by atoms with E-state index in [0.29, 0.717) is 0 Å². The van der Waals surface area contributed by atoms with Crippen LogP contribution in [0.3, 0.4) is 0 Å². The van der Waals surface area contributed by atoms with Crippen LogP contribution in [0.1, 0.15) is 35.0 Å². The molecular weight excluding hydrogens is 361 g/mol. The molecule has 2 aromatic carbocycles. The average Bonchev–Trinajstić information content (AvgIpc) is 2.60. The van der Waals surface area contributed by atoms with Crippen molar-refractivity contribution in [2.75, 3.05) is 5.75 Å². The van der Waals surface area contributed by atoms with Gasteiger partial charge in [0.15, 0.2) is 0 Å². The predicted octanol–water partition coefficient (Wildman–Crippen LogP) is 4.05. The van der Waals surface area contributed by atoms with Crippen LogP contribution in [0.4, 0.5) is 4.39 Å². The van der Waals surface area contributed by atoms with Gasteiger partial charge in [-0.2, -0.15) is 0 Å². The number of aliphatic hydroxyl groups excluding tert-OH is 1. The lowest BCUT2D eigenvalue weighted by Gasteiger charge is -2.27. The minimum absolute atomic E-state index is 0.00802. The Kier molecular flexibility index (Phi) is 5.67. The molecule has 2 N–H and O–H groups in total. The highest BCUT2D eigenvalue weighted by Crippen LogP contribution is 2.37. The van der Waals surface area contributed by atoms with Gasteiger partial charge in [0.2, 0.25) is 5.91 Å². The van der Waals surface area contributed by atoms with Crippen molar-refractivity contribution in [2.24, 2.45) is 0 Å². The molecule has 0 saturated carbocycles.